The number of pyridine rings is 1. The SMILES string of the molecule is CC(=O)Nc1ccc(N[C@H]2CCN(CC(=O)N3C[C@@H](F)CC3C#N)C2)c2cccnc12. The normalized spacial score (nSPS) is 23.6. The van der Waals surface area contributed by atoms with Crippen molar-refractivity contribution in [2.75, 3.05) is 36.8 Å². The number of aromatic nitrogens is 1. The van der Waals surface area contributed by atoms with E-state index in [4.69, 9.17) is 5.26 Å². The number of halogens is 1. The fraction of sp³-hybridized carbons (Fsp3) is 0.455. The van der Waals surface area contributed by atoms with Crippen molar-refractivity contribution in [2.24, 2.45) is 0 Å². The van der Waals surface area contributed by atoms with Gasteiger partial charge in [0.05, 0.1) is 30.4 Å². The molecule has 3 heterocycles. The number of carbonyl (C=O) groups is 2. The molecule has 0 radical (unpaired) electrons. The van der Waals surface area contributed by atoms with Crippen molar-refractivity contribution >= 4 is 34.1 Å². The van der Waals surface area contributed by atoms with E-state index in [-0.39, 0.29) is 37.4 Å². The lowest BCUT2D eigenvalue weighted by atomic mass is 10.1. The summed E-state index contributed by atoms with van der Waals surface area (Å²) in [5, 5.41) is 16.4. The number of alkyl halides is 1. The van der Waals surface area contributed by atoms with Gasteiger partial charge in [0.25, 0.3) is 0 Å². The quantitative estimate of drug-likeness (QED) is 0.763. The van der Waals surface area contributed by atoms with Gasteiger partial charge < -0.3 is 15.5 Å². The van der Waals surface area contributed by atoms with Crippen LogP contribution in [-0.2, 0) is 9.59 Å². The van der Waals surface area contributed by atoms with Gasteiger partial charge in [0, 0.05) is 49.7 Å². The molecule has 1 aromatic carbocycles. The molecular formula is C22H25FN6O2. The summed E-state index contributed by atoms with van der Waals surface area (Å²) in [5.74, 6) is -0.346. The molecule has 0 bridgehead atoms. The van der Waals surface area contributed by atoms with Crippen LogP contribution in [0.2, 0.25) is 0 Å². The Morgan fingerprint density at radius 3 is 2.87 bits per heavy atom. The summed E-state index contributed by atoms with van der Waals surface area (Å²) < 4.78 is 13.6. The van der Waals surface area contributed by atoms with Gasteiger partial charge in [0.2, 0.25) is 11.8 Å². The number of nitrogens with zero attached hydrogens (tertiary/aromatic N) is 4. The zero-order chi connectivity index (χ0) is 22.0. The number of amides is 2. The zero-order valence-corrected chi connectivity index (χ0v) is 17.3. The Labute approximate surface area is 180 Å². The summed E-state index contributed by atoms with van der Waals surface area (Å²) in [4.78, 5) is 31.9. The van der Waals surface area contributed by atoms with E-state index in [0.29, 0.717) is 17.7 Å². The Morgan fingerprint density at radius 1 is 1.29 bits per heavy atom. The summed E-state index contributed by atoms with van der Waals surface area (Å²) >= 11 is 0. The number of rotatable bonds is 5. The lowest BCUT2D eigenvalue weighted by molar-refractivity contribution is -0.132. The van der Waals surface area contributed by atoms with Crippen molar-refractivity contribution < 1.29 is 14.0 Å². The molecule has 1 aromatic heterocycles. The molecule has 4 rings (SSSR count). The second-order valence-electron chi connectivity index (χ2n) is 8.13. The average molecular weight is 424 g/mol. The number of likely N-dealkylation sites (tertiary alicyclic amines) is 2. The van der Waals surface area contributed by atoms with Crippen LogP contribution in [0.4, 0.5) is 15.8 Å². The third kappa shape index (κ3) is 4.59. The third-order valence-corrected chi connectivity index (χ3v) is 5.79. The molecule has 0 spiro atoms. The molecule has 9 heteroatoms. The van der Waals surface area contributed by atoms with E-state index in [2.05, 4.69) is 15.6 Å². The molecule has 2 saturated heterocycles. The van der Waals surface area contributed by atoms with E-state index >= 15 is 0 Å². The Bertz CT molecular complexity index is 1040. The molecule has 2 fully saturated rings. The first kappa shape index (κ1) is 21.0. The predicted octanol–water partition coefficient (Wildman–Crippen LogP) is 2.14. The molecule has 2 aliphatic rings. The molecule has 162 valence electrons. The second-order valence-corrected chi connectivity index (χ2v) is 8.13. The van der Waals surface area contributed by atoms with E-state index in [1.165, 1.54) is 11.8 Å². The fourth-order valence-electron chi connectivity index (χ4n) is 4.37. The molecule has 2 N–H and O–H groups in total. The van der Waals surface area contributed by atoms with E-state index in [9.17, 15) is 14.0 Å². The molecule has 0 aliphatic carbocycles. The monoisotopic (exact) mass is 424 g/mol. The van der Waals surface area contributed by atoms with Crippen molar-refractivity contribution in [3.05, 3.63) is 30.5 Å². The molecule has 2 amide bonds. The smallest absolute Gasteiger partial charge is 0.237 e. The lowest BCUT2D eigenvalue weighted by Crippen LogP contribution is -2.42. The molecule has 2 aliphatic heterocycles. The van der Waals surface area contributed by atoms with Gasteiger partial charge in [-0.3, -0.25) is 19.5 Å². The Hall–Kier alpha value is -3.25. The Balaban J connectivity index is 1.41. The number of hydrogen-bond acceptors (Lipinski definition) is 6. The van der Waals surface area contributed by atoms with Gasteiger partial charge in [0.1, 0.15) is 12.2 Å². The van der Waals surface area contributed by atoms with E-state index in [1.807, 2.05) is 35.2 Å². The number of anilines is 2. The number of nitriles is 1. The van der Waals surface area contributed by atoms with Crippen LogP contribution < -0.4 is 10.6 Å². The van der Waals surface area contributed by atoms with Gasteiger partial charge in [-0.1, -0.05) is 0 Å². The van der Waals surface area contributed by atoms with Crippen LogP contribution in [0.5, 0.6) is 0 Å². The minimum Gasteiger partial charge on any atom is -0.380 e. The number of benzene rings is 1. The van der Waals surface area contributed by atoms with Crippen LogP contribution >= 0.6 is 0 Å². The van der Waals surface area contributed by atoms with E-state index in [0.717, 1.165) is 24.0 Å². The summed E-state index contributed by atoms with van der Waals surface area (Å²) in [6.07, 6.45) is 1.52. The topological polar surface area (TPSA) is 101 Å². The van der Waals surface area contributed by atoms with Crippen LogP contribution in [0, 0.1) is 11.3 Å². The highest BCUT2D eigenvalue weighted by Crippen LogP contribution is 2.30. The van der Waals surface area contributed by atoms with E-state index < -0.39 is 12.2 Å². The standard InChI is InChI=1S/C22H25FN6O2/c1-14(30)26-20-5-4-19(18-3-2-7-25-22(18)20)27-16-6-8-28(12-16)13-21(31)29-11-15(23)9-17(29)10-24/h2-5,7,15-17,27H,6,8-9,11-13H2,1H3,(H,26,30)/t15-,16-,17?/m0/s1. The molecule has 31 heavy (non-hydrogen) atoms. The van der Waals surface area contributed by atoms with Gasteiger partial charge in [-0.05, 0) is 30.7 Å². The summed E-state index contributed by atoms with van der Waals surface area (Å²) in [6, 6.07) is 9.06. The van der Waals surface area contributed by atoms with Crippen LogP contribution in [0.1, 0.15) is 19.8 Å². The number of hydrogen-bond donors (Lipinski definition) is 2. The zero-order valence-electron chi connectivity index (χ0n) is 17.3. The average Bonchev–Trinajstić information content (AvgIpc) is 3.35. The molecule has 2 aromatic rings. The third-order valence-electron chi connectivity index (χ3n) is 5.79. The minimum atomic E-state index is -1.12. The molecule has 8 nitrogen and oxygen atoms in total. The van der Waals surface area contributed by atoms with Gasteiger partial charge in [-0.25, -0.2) is 4.39 Å². The predicted molar refractivity (Wildman–Crippen MR) is 115 cm³/mol. The Kier molecular flexibility index (Phi) is 6.00. The first-order chi connectivity index (χ1) is 14.9. The maximum Gasteiger partial charge on any atom is 0.237 e. The second kappa shape index (κ2) is 8.86. The van der Waals surface area contributed by atoms with Gasteiger partial charge in [-0.15, -0.1) is 0 Å². The highest BCUT2D eigenvalue weighted by molar-refractivity contribution is 6.04. The molecule has 3 atom stereocenters. The Morgan fingerprint density at radius 2 is 2.10 bits per heavy atom. The fourth-order valence-corrected chi connectivity index (χ4v) is 4.37. The number of carbonyl (C=O) groups excluding carboxylic acids is 2. The van der Waals surface area contributed by atoms with Crippen molar-refractivity contribution in [1.82, 2.24) is 14.8 Å². The first-order valence-electron chi connectivity index (χ1n) is 10.4. The van der Waals surface area contributed by atoms with Crippen LogP contribution in [0.15, 0.2) is 30.5 Å². The lowest BCUT2D eigenvalue weighted by Gasteiger charge is -2.23. The maximum absolute atomic E-state index is 13.6. The van der Waals surface area contributed by atoms with Crippen LogP contribution in [-0.4, -0.2) is 71.0 Å². The molecule has 0 saturated carbocycles. The largest absolute Gasteiger partial charge is 0.380 e. The highest BCUT2D eigenvalue weighted by Gasteiger charge is 2.36. The maximum atomic E-state index is 13.6. The molecular weight excluding hydrogens is 399 g/mol. The summed E-state index contributed by atoms with van der Waals surface area (Å²) in [5.41, 5.74) is 2.29. The summed E-state index contributed by atoms with van der Waals surface area (Å²) in [6.45, 7) is 3.07. The van der Waals surface area contributed by atoms with Gasteiger partial charge >= 0.3 is 0 Å². The van der Waals surface area contributed by atoms with Gasteiger partial charge in [-0.2, -0.15) is 5.26 Å². The summed E-state index contributed by atoms with van der Waals surface area (Å²) in [7, 11) is 0. The number of fused-ring (bicyclic) bond motifs is 1. The highest BCUT2D eigenvalue weighted by atomic mass is 19.1. The van der Waals surface area contributed by atoms with Crippen molar-refractivity contribution in [1.29, 1.82) is 5.26 Å². The first-order valence-corrected chi connectivity index (χ1v) is 10.4. The minimum absolute atomic E-state index is 0.00617. The number of nitrogens with one attached hydrogen (secondary N) is 2. The van der Waals surface area contributed by atoms with Crippen LogP contribution in [0.25, 0.3) is 10.9 Å². The van der Waals surface area contributed by atoms with Crippen molar-refractivity contribution in [3.63, 3.8) is 0 Å². The van der Waals surface area contributed by atoms with Gasteiger partial charge in [0.15, 0.2) is 0 Å². The van der Waals surface area contributed by atoms with Crippen molar-refractivity contribution in [2.45, 2.75) is 38.0 Å². The van der Waals surface area contributed by atoms with Crippen LogP contribution in [0.3, 0.4) is 0 Å². The molecule has 1 unspecified atom stereocenters. The van der Waals surface area contributed by atoms with Crippen molar-refractivity contribution in [3.8, 4) is 6.07 Å². The van der Waals surface area contributed by atoms with E-state index in [1.54, 1.807) is 6.20 Å².